The number of nitrogens with one attached hydrogen (secondary N) is 1. The highest BCUT2D eigenvalue weighted by Gasteiger charge is 2.33. The van der Waals surface area contributed by atoms with Crippen molar-refractivity contribution in [3.8, 4) is 17.0 Å². The Morgan fingerprint density at radius 3 is 2.51 bits per heavy atom. The predicted molar refractivity (Wildman–Crippen MR) is 162 cm³/mol. The smallest absolute Gasteiger partial charge is 0.338 e. The first-order valence-corrected chi connectivity index (χ1v) is 14.2. The lowest BCUT2D eigenvalue weighted by Gasteiger charge is -2.24. The minimum atomic E-state index is -0.683. The van der Waals surface area contributed by atoms with Gasteiger partial charge in [0.25, 0.3) is 5.56 Å². The van der Waals surface area contributed by atoms with Crippen LogP contribution in [0.1, 0.15) is 36.6 Å². The van der Waals surface area contributed by atoms with Crippen LogP contribution in [-0.2, 0) is 9.53 Å². The topological polar surface area (TPSA) is 85.7 Å². The van der Waals surface area contributed by atoms with Crippen LogP contribution in [0.4, 0.5) is 0 Å². The van der Waals surface area contributed by atoms with Gasteiger partial charge in [-0.15, -0.1) is 0 Å². The van der Waals surface area contributed by atoms with Crippen LogP contribution in [-0.4, -0.2) is 29.2 Å². The Hall–Kier alpha value is -4.69. The lowest BCUT2D eigenvalue weighted by molar-refractivity contribution is -0.139. The van der Waals surface area contributed by atoms with E-state index in [1.54, 1.807) is 25.5 Å². The second-order valence-corrected chi connectivity index (χ2v) is 10.9. The van der Waals surface area contributed by atoms with E-state index < -0.39 is 12.0 Å². The molecule has 0 bridgehead atoms. The molecule has 8 heteroatoms. The van der Waals surface area contributed by atoms with E-state index in [-0.39, 0.29) is 12.2 Å². The maximum atomic E-state index is 14.2. The summed E-state index contributed by atoms with van der Waals surface area (Å²) in [5.41, 5.74) is 6.48. The van der Waals surface area contributed by atoms with E-state index in [1.807, 2.05) is 54.6 Å². The Kier molecular flexibility index (Phi) is 6.93. The molecule has 1 aliphatic heterocycles. The van der Waals surface area contributed by atoms with E-state index in [1.165, 1.54) is 11.3 Å². The summed E-state index contributed by atoms with van der Waals surface area (Å²) in [6.45, 7) is 5.84. The van der Waals surface area contributed by atoms with Crippen molar-refractivity contribution in [2.45, 2.75) is 26.8 Å². The molecule has 7 nitrogen and oxygen atoms in total. The molecular formula is C33H29N3O4S. The van der Waals surface area contributed by atoms with Crippen molar-refractivity contribution in [1.82, 2.24) is 9.55 Å². The van der Waals surface area contributed by atoms with E-state index in [0.29, 0.717) is 26.4 Å². The van der Waals surface area contributed by atoms with E-state index in [4.69, 9.17) is 14.5 Å². The molecule has 3 aromatic carbocycles. The van der Waals surface area contributed by atoms with Crippen LogP contribution in [0.15, 0.2) is 93.9 Å². The van der Waals surface area contributed by atoms with E-state index in [2.05, 4.69) is 36.2 Å². The maximum absolute atomic E-state index is 14.2. The van der Waals surface area contributed by atoms with Crippen LogP contribution in [0, 0.1) is 6.92 Å². The third-order valence-electron chi connectivity index (χ3n) is 7.37. The summed E-state index contributed by atoms with van der Waals surface area (Å²) in [4.78, 5) is 36.2. The predicted octanol–water partition coefficient (Wildman–Crippen LogP) is 5.26. The van der Waals surface area contributed by atoms with Gasteiger partial charge >= 0.3 is 5.97 Å². The number of aromatic amines is 1. The number of aryl methyl sites for hydroxylation is 1. The monoisotopic (exact) mass is 563 g/mol. The van der Waals surface area contributed by atoms with E-state index in [0.717, 1.165) is 38.9 Å². The standard InChI is InChI=1S/C33H29N3O4S/c1-5-40-32(38)27-20(3)34-33-36(30(27)22-14-16-23(39-4)17-15-22)31(37)26(41-33)18-25-24-13-9-10-19(2)28(24)35-29(25)21-11-7-6-8-12-21/h6-18,30,35H,5H2,1-4H3/b26-18+/t30-/m0/s1. The molecule has 3 heterocycles. The molecule has 1 atom stereocenters. The zero-order valence-electron chi connectivity index (χ0n) is 23.2. The number of carbonyl (C=O) groups excluding carboxylic acids is 1. The van der Waals surface area contributed by atoms with Gasteiger partial charge < -0.3 is 14.5 Å². The molecule has 6 rings (SSSR count). The van der Waals surface area contributed by atoms with Crippen molar-refractivity contribution < 1.29 is 14.3 Å². The summed E-state index contributed by atoms with van der Waals surface area (Å²) in [6, 6.07) is 23.0. The maximum Gasteiger partial charge on any atom is 0.338 e. The van der Waals surface area contributed by atoms with Crippen LogP contribution in [0.3, 0.4) is 0 Å². The van der Waals surface area contributed by atoms with Gasteiger partial charge in [-0.1, -0.05) is 72.0 Å². The molecule has 1 N–H and O–H groups in total. The fourth-order valence-corrected chi connectivity index (χ4v) is 6.42. The second-order valence-electron chi connectivity index (χ2n) is 9.85. The van der Waals surface area contributed by atoms with Crippen LogP contribution in [0.5, 0.6) is 5.75 Å². The molecule has 0 saturated heterocycles. The Labute approximate surface area is 240 Å². The van der Waals surface area contributed by atoms with Gasteiger partial charge in [-0.25, -0.2) is 9.79 Å². The molecule has 0 aliphatic carbocycles. The molecule has 0 amide bonds. The Bertz CT molecular complexity index is 2000. The molecule has 5 aromatic rings. The Morgan fingerprint density at radius 2 is 1.80 bits per heavy atom. The fourth-order valence-electron chi connectivity index (χ4n) is 5.39. The normalized spacial score (nSPS) is 15.1. The third kappa shape index (κ3) is 4.60. The molecule has 1 aliphatic rings. The van der Waals surface area contributed by atoms with Gasteiger partial charge in [-0.05, 0) is 55.7 Å². The lowest BCUT2D eigenvalue weighted by atomic mass is 9.96. The molecule has 0 unspecified atom stereocenters. The zero-order valence-corrected chi connectivity index (χ0v) is 24.0. The van der Waals surface area contributed by atoms with Gasteiger partial charge in [0.2, 0.25) is 0 Å². The number of fused-ring (bicyclic) bond motifs is 2. The molecule has 0 saturated carbocycles. The summed E-state index contributed by atoms with van der Waals surface area (Å²) in [6.07, 6.45) is 1.94. The summed E-state index contributed by atoms with van der Waals surface area (Å²) >= 11 is 1.32. The van der Waals surface area contributed by atoms with Crippen molar-refractivity contribution >= 4 is 34.3 Å². The van der Waals surface area contributed by atoms with Crippen molar-refractivity contribution in [3.05, 3.63) is 120 Å². The number of ether oxygens (including phenoxy) is 2. The summed E-state index contributed by atoms with van der Waals surface area (Å²) in [5, 5.41) is 1.03. The van der Waals surface area contributed by atoms with Gasteiger partial charge in [0.1, 0.15) is 5.75 Å². The van der Waals surface area contributed by atoms with Gasteiger partial charge in [-0.2, -0.15) is 0 Å². The first kappa shape index (κ1) is 26.5. The average molecular weight is 564 g/mol. The van der Waals surface area contributed by atoms with Gasteiger partial charge in [0.15, 0.2) is 4.80 Å². The highest BCUT2D eigenvalue weighted by Crippen LogP contribution is 2.34. The number of rotatable bonds is 6. The Morgan fingerprint density at radius 1 is 1.05 bits per heavy atom. The molecular weight excluding hydrogens is 534 g/mol. The number of benzene rings is 3. The molecule has 41 heavy (non-hydrogen) atoms. The van der Waals surface area contributed by atoms with Gasteiger partial charge in [0.05, 0.1) is 41.3 Å². The SMILES string of the molecule is CCOC(=O)C1=C(C)N=c2s/c(=C/c3c(-c4ccccc4)[nH]c4c(C)cccc34)c(=O)n2[C@H]1c1ccc(OC)cc1. The summed E-state index contributed by atoms with van der Waals surface area (Å²) < 4.78 is 12.9. The number of carbonyl (C=O) groups is 1. The number of methoxy groups -OCH3 is 1. The quantitative estimate of drug-likeness (QED) is 0.286. The number of allylic oxidation sites excluding steroid dienone is 1. The van der Waals surface area contributed by atoms with Gasteiger partial charge in [-0.3, -0.25) is 9.36 Å². The first-order valence-electron chi connectivity index (χ1n) is 13.4. The van der Waals surface area contributed by atoms with E-state index >= 15 is 0 Å². The summed E-state index contributed by atoms with van der Waals surface area (Å²) in [5.74, 6) is 0.199. The third-order valence-corrected chi connectivity index (χ3v) is 8.35. The lowest BCUT2D eigenvalue weighted by Crippen LogP contribution is -2.39. The van der Waals surface area contributed by atoms with Crippen LogP contribution < -0.4 is 19.6 Å². The van der Waals surface area contributed by atoms with Crippen LogP contribution in [0.25, 0.3) is 28.2 Å². The Balaban J connectivity index is 1.61. The van der Waals surface area contributed by atoms with E-state index in [9.17, 15) is 9.59 Å². The van der Waals surface area contributed by atoms with Crippen molar-refractivity contribution in [2.75, 3.05) is 13.7 Å². The number of hydrogen-bond acceptors (Lipinski definition) is 6. The number of nitrogens with zero attached hydrogens (tertiary/aromatic N) is 2. The highest BCUT2D eigenvalue weighted by atomic mass is 32.1. The molecule has 206 valence electrons. The summed E-state index contributed by atoms with van der Waals surface area (Å²) in [7, 11) is 1.60. The number of hydrogen-bond donors (Lipinski definition) is 1. The van der Waals surface area contributed by atoms with Crippen molar-refractivity contribution in [2.24, 2.45) is 4.99 Å². The van der Waals surface area contributed by atoms with Crippen LogP contribution >= 0.6 is 11.3 Å². The number of H-pyrrole nitrogens is 1. The number of thiazole rings is 1. The second kappa shape index (κ2) is 10.7. The zero-order chi connectivity index (χ0) is 28.7. The number of aromatic nitrogens is 2. The molecule has 0 spiro atoms. The first-order chi connectivity index (χ1) is 19.9. The average Bonchev–Trinajstić information content (AvgIpc) is 3.51. The number of para-hydroxylation sites is 1. The minimum Gasteiger partial charge on any atom is -0.497 e. The highest BCUT2D eigenvalue weighted by molar-refractivity contribution is 7.07. The number of esters is 1. The fraction of sp³-hybridized carbons (Fsp3) is 0.182. The van der Waals surface area contributed by atoms with Crippen molar-refractivity contribution in [3.63, 3.8) is 0 Å². The van der Waals surface area contributed by atoms with Crippen molar-refractivity contribution in [1.29, 1.82) is 0 Å². The molecule has 0 radical (unpaired) electrons. The minimum absolute atomic E-state index is 0.218. The largest absolute Gasteiger partial charge is 0.497 e. The molecule has 0 fully saturated rings. The molecule has 2 aromatic heterocycles. The van der Waals surface area contributed by atoms with Crippen LogP contribution in [0.2, 0.25) is 0 Å². The van der Waals surface area contributed by atoms with Gasteiger partial charge in [0, 0.05) is 16.5 Å².